The molecule has 1 heterocycles. The van der Waals surface area contributed by atoms with Gasteiger partial charge in [-0.3, -0.25) is 0 Å². The van der Waals surface area contributed by atoms with Gasteiger partial charge in [-0.15, -0.1) is 0 Å². The molecule has 1 fully saturated rings. The predicted molar refractivity (Wildman–Crippen MR) is 133 cm³/mol. The van der Waals surface area contributed by atoms with E-state index < -0.39 is 5.60 Å². The summed E-state index contributed by atoms with van der Waals surface area (Å²) in [5, 5.41) is 16.9. The molecule has 0 aliphatic carbocycles. The van der Waals surface area contributed by atoms with Gasteiger partial charge in [0, 0.05) is 18.8 Å². The number of hydrogen-bond donors (Lipinski definition) is 2. The Bertz CT molecular complexity index is 998. The lowest BCUT2D eigenvalue weighted by molar-refractivity contribution is -0.00631. The van der Waals surface area contributed by atoms with Crippen LogP contribution in [0.5, 0.6) is 0 Å². The van der Waals surface area contributed by atoms with E-state index in [1.54, 1.807) is 12.1 Å². The van der Waals surface area contributed by atoms with Crippen molar-refractivity contribution in [2.24, 2.45) is 5.92 Å². The van der Waals surface area contributed by atoms with E-state index in [4.69, 9.17) is 35.4 Å². The van der Waals surface area contributed by atoms with Crippen LogP contribution in [0.25, 0.3) is 0 Å². The number of nitrogens with zero attached hydrogens (tertiary/aromatic N) is 1. The third-order valence-corrected chi connectivity index (χ3v) is 7.07. The summed E-state index contributed by atoms with van der Waals surface area (Å²) in [5.74, 6) is 0.0846. The number of likely N-dealkylation sites (tertiary alicyclic amines) is 1. The standard InChI is InChI=1S/C25H24Cl2N2OS/c26-22-12-11-21(17-23(22)27)28-24(31)29-15-13-20(14-16-29)25(30,18-7-3-1-4-8-18)19-9-5-2-6-10-19/h1-12,17,20,30H,13-16H2,(H,28,31). The number of hydrogen-bond acceptors (Lipinski definition) is 2. The third kappa shape index (κ3) is 4.73. The fraction of sp³-hybridized carbons (Fsp3) is 0.240. The third-order valence-electron chi connectivity index (χ3n) is 5.97. The molecule has 0 atom stereocenters. The summed E-state index contributed by atoms with van der Waals surface area (Å²) in [6.07, 6.45) is 1.65. The maximum atomic E-state index is 12.0. The highest BCUT2D eigenvalue weighted by Crippen LogP contribution is 2.42. The van der Waals surface area contributed by atoms with Crippen molar-refractivity contribution >= 4 is 46.2 Å². The molecule has 2 N–H and O–H groups in total. The van der Waals surface area contributed by atoms with Crippen molar-refractivity contribution in [3.05, 3.63) is 100 Å². The zero-order valence-electron chi connectivity index (χ0n) is 17.0. The minimum absolute atomic E-state index is 0.0846. The van der Waals surface area contributed by atoms with E-state index in [-0.39, 0.29) is 5.92 Å². The first-order chi connectivity index (χ1) is 15.0. The monoisotopic (exact) mass is 470 g/mol. The smallest absolute Gasteiger partial charge is 0.173 e. The Labute approximate surface area is 198 Å². The van der Waals surface area contributed by atoms with Gasteiger partial charge in [0.15, 0.2) is 5.11 Å². The van der Waals surface area contributed by atoms with Gasteiger partial charge in [-0.2, -0.15) is 0 Å². The first-order valence-electron chi connectivity index (χ1n) is 10.3. The van der Waals surface area contributed by atoms with Crippen molar-refractivity contribution in [2.45, 2.75) is 18.4 Å². The van der Waals surface area contributed by atoms with E-state index in [0.717, 1.165) is 42.7 Å². The fourth-order valence-corrected chi connectivity index (χ4v) is 4.90. The van der Waals surface area contributed by atoms with Gasteiger partial charge in [0.25, 0.3) is 0 Å². The Morgan fingerprint density at radius 2 is 1.42 bits per heavy atom. The molecule has 0 saturated carbocycles. The summed E-state index contributed by atoms with van der Waals surface area (Å²) >= 11 is 17.7. The second-order valence-corrected chi connectivity index (χ2v) is 9.02. The van der Waals surface area contributed by atoms with Crippen LogP contribution in [-0.2, 0) is 5.60 Å². The molecule has 6 heteroatoms. The number of benzene rings is 3. The SMILES string of the molecule is OC(c1ccccc1)(c1ccccc1)C1CCN(C(=S)Nc2ccc(Cl)c(Cl)c2)CC1. The molecule has 0 radical (unpaired) electrons. The van der Waals surface area contributed by atoms with Gasteiger partial charge in [-0.1, -0.05) is 83.9 Å². The van der Waals surface area contributed by atoms with E-state index in [1.807, 2.05) is 66.7 Å². The number of thiocarbonyl (C=S) groups is 1. The number of piperidine rings is 1. The minimum Gasteiger partial charge on any atom is -0.380 e. The average molecular weight is 471 g/mol. The molecule has 0 unspecified atom stereocenters. The van der Waals surface area contributed by atoms with Gasteiger partial charge in [-0.25, -0.2) is 0 Å². The normalized spacial score (nSPS) is 15.0. The predicted octanol–water partition coefficient (Wildman–Crippen LogP) is 6.34. The molecule has 0 aromatic heterocycles. The molecule has 1 aliphatic rings. The second kappa shape index (κ2) is 9.58. The van der Waals surface area contributed by atoms with Crippen LogP contribution in [-0.4, -0.2) is 28.2 Å². The highest BCUT2D eigenvalue weighted by Gasteiger charge is 2.41. The fourth-order valence-electron chi connectivity index (χ4n) is 4.30. The molecule has 0 bridgehead atoms. The molecule has 3 aromatic carbocycles. The van der Waals surface area contributed by atoms with Crippen LogP contribution < -0.4 is 5.32 Å². The highest BCUT2D eigenvalue weighted by molar-refractivity contribution is 7.80. The topological polar surface area (TPSA) is 35.5 Å². The maximum Gasteiger partial charge on any atom is 0.173 e. The highest BCUT2D eigenvalue weighted by atomic mass is 35.5. The molecular weight excluding hydrogens is 447 g/mol. The zero-order valence-corrected chi connectivity index (χ0v) is 19.3. The molecule has 31 heavy (non-hydrogen) atoms. The van der Waals surface area contributed by atoms with Gasteiger partial charge in [0.1, 0.15) is 5.60 Å². The Morgan fingerprint density at radius 3 is 1.94 bits per heavy atom. The molecular formula is C25H24Cl2N2OS. The summed E-state index contributed by atoms with van der Waals surface area (Å²) in [5.41, 5.74) is 1.63. The molecule has 0 spiro atoms. The van der Waals surface area contributed by atoms with Gasteiger partial charge < -0.3 is 15.3 Å². The molecule has 4 rings (SSSR count). The lowest BCUT2D eigenvalue weighted by Gasteiger charge is -2.43. The van der Waals surface area contributed by atoms with Crippen LogP contribution in [0.4, 0.5) is 5.69 Å². The van der Waals surface area contributed by atoms with E-state index in [9.17, 15) is 5.11 Å². The van der Waals surface area contributed by atoms with Crippen LogP contribution >= 0.6 is 35.4 Å². The first-order valence-corrected chi connectivity index (χ1v) is 11.5. The van der Waals surface area contributed by atoms with Crippen molar-refractivity contribution in [2.75, 3.05) is 18.4 Å². The van der Waals surface area contributed by atoms with Gasteiger partial charge >= 0.3 is 0 Å². The van der Waals surface area contributed by atoms with Crippen LogP contribution in [0.1, 0.15) is 24.0 Å². The van der Waals surface area contributed by atoms with E-state index in [0.29, 0.717) is 15.2 Å². The van der Waals surface area contributed by atoms with Crippen LogP contribution in [0, 0.1) is 5.92 Å². The summed E-state index contributed by atoms with van der Waals surface area (Å²) in [7, 11) is 0. The number of nitrogens with one attached hydrogen (secondary N) is 1. The van der Waals surface area contributed by atoms with Crippen molar-refractivity contribution < 1.29 is 5.11 Å². The summed E-state index contributed by atoms with van der Waals surface area (Å²) < 4.78 is 0. The van der Waals surface area contributed by atoms with E-state index in [2.05, 4.69) is 10.2 Å². The number of rotatable bonds is 4. The van der Waals surface area contributed by atoms with E-state index >= 15 is 0 Å². The van der Waals surface area contributed by atoms with Gasteiger partial charge in [0.05, 0.1) is 10.0 Å². The Hall–Kier alpha value is -2.11. The summed E-state index contributed by atoms with van der Waals surface area (Å²) in [4.78, 5) is 2.14. The van der Waals surface area contributed by atoms with Crippen LogP contribution in [0.15, 0.2) is 78.9 Å². The average Bonchev–Trinajstić information content (AvgIpc) is 2.82. The lowest BCUT2D eigenvalue weighted by Crippen LogP contribution is -2.47. The minimum atomic E-state index is -1.03. The van der Waals surface area contributed by atoms with Crippen molar-refractivity contribution in [3.8, 4) is 0 Å². The zero-order chi connectivity index (χ0) is 21.8. The van der Waals surface area contributed by atoms with Gasteiger partial charge in [-0.05, 0) is 60.3 Å². The number of halogens is 2. The van der Waals surface area contributed by atoms with E-state index in [1.165, 1.54) is 0 Å². The van der Waals surface area contributed by atoms with Gasteiger partial charge in [0.2, 0.25) is 0 Å². The number of anilines is 1. The molecule has 1 saturated heterocycles. The van der Waals surface area contributed by atoms with Crippen molar-refractivity contribution in [3.63, 3.8) is 0 Å². The van der Waals surface area contributed by atoms with Crippen molar-refractivity contribution in [1.82, 2.24) is 4.90 Å². The molecule has 3 nitrogen and oxygen atoms in total. The summed E-state index contributed by atoms with van der Waals surface area (Å²) in [6, 6.07) is 25.3. The quantitative estimate of drug-likeness (QED) is 0.436. The van der Waals surface area contributed by atoms with Crippen LogP contribution in [0.3, 0.4) is 0 Å². The molecule has 0 amide bonds. The second-order valence-electron chi connectivity index (χ2n) is 7.82. The number of aliphatic hydroxyl groups is 1. The summed E-state index contributed by atoms with van der Waals surface area (Å²) in [6.45, 7) is 1.53. The Morgan fingerprint density at radius 1 is 0.871 bits per heavy atom. The molecule has 160 valence electrons. The van der Waals surface area contributed by atoms with Crippen molar-refractivity contribution in [1.29, 1.82) is 0 Å². The van der Waals surface area contributed by atoms with Crippen LogP contribution in [0.2, 0.25) is 10.0 Å². The Balaban J connectivity index is 1.49. The Kier molecular flexibility index (Phi) is 6.83. The largest absolute Gasteiger partial charge is 0.380 e. The first kappa shape index (κ1) is 22.1. The molecule has 1 aliphatic heterocycles. The lowest BCUT2D eigenvalue weighted by atomic mass is 9.72. The maximum absolute atomic E-state index is 12.0. The molecule has 3 aromatic rings.